The van der Waals surface area contributed by atoms with Crippen molar-refractivity contribution in [3.05, 3.63) is 29.3 Å². The molecule has 1 aromatic rings. The molecule has 5 nitrogen and oxygen atoms in total. The van der Waals surface area contributed by atoms with Gasteiger partial charge in [0.25, 0.3) is 0 Å². The average Bonchev–Trinajstić information content (AvgIpc) is 2.39. The van der Waals surface area contributed by atoms with E-state index in [1.807, 2.05) is 6.07 Å². The van der Waals surface area contributed by atoms with Crippen molar-refractivity contribution in [2.24, 2.45) is 0 Å². The number of aromatic hydroxyl groups is 1. The first-order valence-corrected chi connectivity index (χ1v) is 8.46. The third-order valence-electron chi connectivity index (χ3n) is 3.75. The van der Waals surface area contributed by atoms with E-state index in [-0.39, 0.29) is 17.5 Å². The monoisotopic (exact) mass is 298 g/mol. The maximum Gasteiger partial charge on any atom is 0.214 e. The van der Waals surface area contributed by atoms with Crippen LogP contribution in [0.15, 0.2) is 18.2 Å². The van der Waals surface area contributed by atoms with Gasteiger partial charge in [0.05, 0.1) is 5.75 Å². The molecule has 6 heteroatoms. The first-order chi connectivity index (χ1) is 9.40. The normalized spacial score (nSPS) is 19.1. The van der Waals surface area contributed by atoms with Crippen LogP contribution in [-0.4, -0.2) is 44.2 Å². The number of aryl methyl sites for hydroxylation is 1. The third-order valence-corrected chi connectivity index (χ3v) is 5.58. The van der Waals surface area contributed by atoms with Gasteiger partial charge in [-0.2, -0.15) is 0 Å². The quantitative estimate of drug-likeness (QED) is 0.858. The summed E-state index contributed by atoms with van der Waals surface area (Å²) in [6.07, 6.45) is 3.07. The van der Waals surface area contributed by atoms with Gasteiger partial charge < -0.3 is 10.4 Å². The van der Waals surface area contributed by atoms with Crippen LogP contribution in [0, 0.1) is 0 Å². The molecule has 0 fully saturated rings. The zero-order valence-electron chi connectivity index (χ0n) is 12.0. The molecule has 0 radical (unpaired) electrons. The van der Waals surface area contributed by atoms with E-state index in [1.54, 1.807) is 26.2 Å². The number of nitrogens with one attached hydrogen (secondary N) is 1. The van der Waals surface area contributed by atoms with E-state index in [1.165, 1.54) is 9.87 Å². The summed E-state index contributed by atoms with van der Waals surface area (Å²) in [4.78, 5) is 0. The molecule has 1 unspecified atom stereocenters. The lowest BCUT2D eigenvalue weighted by molar-refractivity contribution is 0.450. The predicted octanol–water partition coefficient (Wildman–Crippen LogP) is 1.25. The van der Waals surface area contributed by atoms with Gasteiger partial charge in [0, 0.05) is 26.7 Å². The van der Waals surface area contributed by atoms with Crippen LogP contribution in [0.4, 0.5) is 0 Å². The number of benzene rings is 1. The number of phenolic OH excluding ortho intramolecular Hbond substituents is 1. The van der Waals surface area contributed by atoms with Gasteiger partial charge in [-0.1, -0.05) is 6.07 Å². The average molecular weight is 298 g/mol. The van der Waals surface area contributed by atoms with Crippen molar-refractivity contribution in [3.8, 4) is 5.75 Å². The summed E-state index contributed by atoms with van der Waals surface area (Å²) in [6.45, 7) is 0.417. The summed E-state index contributed by atoms with van der Waals surface area (Å²) in [7, 11) is -0.0733. The molecule has 1 aliphatic rings. The number of sulfonamides is 1. The number of hydrogen-bond donors (Lipinski definition) is 2. The van der Waals surface area contributed by atoms with Gasteiger partial charge in [-0.3, -0.25) is 0 Å². The van der Waals surface area contributed by atoms with E-state index in [2.05, 4.69) is 5.32 Å². The van der Waals surface area contributed by atoms with Crippen molar-refractivity contribution in [1.29, 1.82) is 0 Å². The fourth-order valence-electron chi connectivity index (χ4n) is 2.54. The Kier molecular flexibility index (Phi) is 4.67. The smallest absolute Gasteiger partial charge is 0.214 e. The summed E-state index contributed by atoms with van der Waals surface area (Å²) in [5.74, 6) is 0.350. The van der Waals surface area contributed by atoms with Crippen molar-refractivity contribution in [1.82, 2.24) is 9.62 Å². The van der Waals surface area contributed by atoms with Gasteiger partial charge in [0.15, 0.2) is 0 Å². The lowest BCUT2D eigenvalue weighted by atomic mass is 9.87. The molecule has 0 heterocycles. The fraction of sp³-hybridized carbons (Fsp3) is 0.571. The van der Waals surface area contributed by atoms with Crippen LogP contribution in [0.25, 0.3) is 0 Å². The van der Waals surface area contributed by atoms with E-state index in [9.17, 15) is 13.5 Å². The van der Waals surface area contributed by atoms with Gasteiger partial charge in [-0.25, -0.2) is 12.7 Å². The highest BCUT2D eigenvalue weighted by atomic mass is 32.2. The summed E-state index contributed by atoms with van der Waals surface area (Å²) in [5.41, 5.74) is 2.33. The lowest BCUT2D eigenvalue weighted by Crippen LogP contribution is -2.33. The largest absolute Gasteiger partial charge is 0.508 e. The molecule has 1 atom stereocenters. The molecular formula is C14H22N2O3S. The Morgan fingerprint density at radius 1 is 1.40 bits per heavy atom. The number of hydrogen-bond acceptors (Lipinski definition) is 4. The van der Waals surface area contributed by atoms with Gasteiger partial charge in [0.2, 0.25) is 10.0 Å². The molecule has 0 aromatic heterocycles. The first-order valence-electron chi connectivity index (χ1n) is 6.85. The zero-order chi connectivity index (χ0) is 14.8. The minimum Gasteiger partial charge on any atom is -0.508 e. The summed E-state index contributed by atoms with van der Waals surface area (Å²) < 4.78 is 24.7. The Balaban J connectivity index is 2.01. The highest BCUT2D eigenvalue weighted by molar-refractivity contribution is 7.89. The standard InChI is InChI=1S/C14H22N2O3S/c1-16(2)20(18,19)9-8-15-14-5-3-4-11-6-7-12(17)10-13(11)14/h6-7,10,14-15,17H,3-5,8-9H2,1-2H3. The van der Waals surface area contributed by atoms with Gasteiger partial charge in [-0.15, -0.1) is 0 Å². The molecule has 1 aliphatic carbocycles. The maximum atomic E-state index is 11.7. The third kappa shape index (κ3) is 3.50. The number of rotatable bonds is 5. The molecule has 2 rings (SSSR count). The van der Waals surface area contributed by atoms with E-state index < -0.39 is 10.0 Å². The second-order valence-electron chi connectivity index (χ2n) is 5.38. The van der Waals surface area contributed by atoms with Crippen molar-refractivity contribution in [2.45, 2.75) is 25.3 Å². The van der Waals surface area contributed by atoms with Gasteiger partial charge in [-0.05, 0) is 42.5 Å². The van der Waals surface area contributed by atoms with Gasteiger partial charge >= 0.3 is 0 Å². The molecule has 0 saturated heterocycles. The number of nitrogens with zero attached hydrogens (tertiary/aromatic N) is 1. The van der Waals surface area contributed by atoms with E-state index in [0.29, 0.717) is 6.54 Å². The fourth-order valence-corrected chi connectivity index (χ4v) is 3.28. The van der Waals surface area contributed by atoms with Crippen molar-refractivity contribution < 1.29 is 13.5 Å². The number of fused-ring (bicyclic) bond motifs is 1. The molecule has 0 amide bonds. The Morgan fingerprint density at radius 3 is 2.85 bits per heavy atom. The predicted molar refractivity (Wildman–Crippen MR) is 79.3 cm³/mol. The molecule has 0 aliphatic heterocycles. The zero-order valence-corrected chi connectivity index (χ0v) is 12.8. The minimum atomic E-state index is -3.16. The Morgan fingerprint density at radius 2 is 2.15 bits per heavy atom. The van der Waals surface area contributed by atoms with Crippen molar-refractivity contribution in [3.63, 3.8) is 0 Å². The van der Waals surface area contributed by atoms with Crippen LogP contribution >= 0.6 is 0 Å². The van der Waals surface area contributed by atoms with E-state index >= 15 is 0 Å². The Bertz CT molecular complexity index is 570. The molecule has 0 spiro atoms. The van der Waals surface area contributed by atoms with Crippen molar-refractivity contribution >= 4 is 10.0 Å². The van der Waals surface area contributed by atoms with E-state index in [0.717, 1.165) is 24.8 Å². The van der Waals surface area contributed by atoms with Crippen LogP contribution in [0.3, 0.4) is 0 Å². The highest BCUT2D eigenvalue weighted by Gasteiger charge is 2.21. The Labute approximate surface area is 120 Å². The number of phenols is 1. The SMILES string of the molecule is CN(C)S(=O)(=O)CCNC1CCCc2ccc(O)cc21. The van der Waals surface area contributed by atoms with E-state index in [4.69, 9.17) is 0 Å². The second kappa shape index (κ2) is 6.11. The highest BCUT2D eigenvalue weighted by Crippen LogP contribution is 2.31. The van der Waals surface area contributed by atoms with Crippen LogP contribution in [0.5, 0.6) is 5.75 Å². The summed E-state index contributed by atoms with van der Waals surface area (Å²) in [5, 5.41) is 12.9. The molecule has 112 valence electrons. The second-order valence-corrected chi connectivity index (χ2v) is 7.68. The van der Waals surface area contributed by atoms with Crippen LogP contribution in [0.1, 0.15) is 30.0 Å². The molecule has 2 N–H and O–H groups in total. The van der Waals surface area contributed by atoms with Crippen LogP contribution < -0.4 is 5.32 Å². The lowest BCUT2D eigenvalue weighted by Gasteiger charge is -2.27. The van der Waals surface area contributed by atoms with Crippen molar-refractivity contribution in [2.75, 3.05) is 26.4 Å². The maximum absolute atomic E-state index is 11.7. The van der Waals surface area contributed by atoms with Crippen LogP contribution in [-0.2, 0) is 16.4 Å². The topological polar surface area (TPSA) is 69.6 Å². The summed E-state index contributed by atoms with van der Waals surface area (Å²) >= 11 is 0. The van der Waals surface area contributed by atoms with Crippen LogP contribution in [0.2, 0.25) is 0 Å². The van der Waals surface area contributed by atoms with Gasteiger partial charge in [0.1, 0.15) is 5.75 Å². The molecule has 1 aromatic carbocycles. The molecule has 0 bridgehead atoms. The summed E-state index contributed by atoms with van der Waals surface area (Å²) in [6, 6.07) is 5.57. The first kappa shape index (κ1) is 15.3. The molecule has 20 heavy (non-hydrogen) atoms. The molecule has 0 saturated carbocycles. The molecular weight excluding hydrogens is 276 g/mol. The Hall–Kier alpha value is -1.11. The minimum absolute atomic E-state index is 0.0879.